The normalized spacial score (nSPS) is 23.5. The molecule has 20 heavy (non-hydrogen) atoms. The van der Waals surface area contributed by atoms with Gasteiger partial charge in [0.05, 0.1) is 0 Å². The number of nitrogens with one attached hydrogen (secondary N) is 1. The monoisotopic (exact) mass is 274 g/mol. The molecule has 1 aliphatic rings. The van der Waals surface area contributed by atoms with Gasteiger partial charge in [-0.05, 0) is 58.2 Å². The molecule has 0 radical (unpaired) electrons. The van der Waals surface area contributed by atoms with E-state index in [0.29, 0.717) is 12.1 Å². The third kappa shape index (κ3) is 4.07. The molecule has 2 nitrogen and oxygen atoms in total. The lowest BCUT2D eigenvalue weighted by Gasteiger charge is -2.36. The molecule has 2 heteroatoms. The van der Waals surface area contributed by atoms with Crippen LogP contribution in [0.3, 0.4) is 0 Å². The molecule has 1 aliphatic heterocycles. The van der Waals surface area contributed by atoms with Gasteiger partial charge in [-0.15, -0.1) is 0 Å². The molecular formula is C18H30N2. The van der Waals surface area contributed by atoms with Crippen molar-refractivity contribution >= 4 is 0 Å². The molecular weight excluding hydrogens is 244 g/mol. The Kier molecular flexibility index (Phi) is 5.62. The number of benzene rings is 1. The van der Waals surface area contributed by atoms with Crippen LogP contribution in [-0.4, -0.2) is 30.6 Å². The molecule has 1 aromatic rings. The van der Waals surface area contributed by atoms with Gasteiger partial charge in [0.2, 0.25) is 0 Å². The average Bonchev–Trinajstić information content (AvgIpc) is 2.47. The first-order chi connectivity index (χ1) is 9.60. The quantitative estimate of drug-likeness (QED) is 0.879. The number of hydrogen-bond donors (Lipinski definition) is 1. The highest BCUT2D eigenvalue weighted by molar-refractivity contribution is 5.23. The molecule has 1 heterocycles. The molecule has 112 valence electrons. The van der Waals surface area contributed by atoms with E-state index < -0.39 is 0 Å². The Morgan fingerprint density at radius 3 is 2.60 bits per heavy atom. The number of likely N-dealkylation sites (tertiary alicyclic amines) is 1. The Labute approximate surface area is 124 Å². The van der Waals surface area contributed by atoms with E-state index in [1.807, 2.05) is 0 Å². The zero-order chi connectivity index (χ0) is 14.5. The van der Waals surface area contributed by atoms with Crippen molar-refractivity contribution < 1.29 is 0 Å². The van der Waals surface area contributed by atoms with Crippen LogP contribution < -0.4 is 5.32 Å². The van der Waals surface area contributed by atoms with Gasteiger partial charge >= 0.3 is 0 Å². The van der Waals surface area contributed by atoms with Crippen LogP contribution in [0, 0.1) is 12.8 Å². The second-order valence-electron chi connectivity index (χ2n) is 6.38. The van der Waals surface area contributed by atoms with Gasteiger partial charge in [-0.3, -0.25) is 0 Å². The summed E-state index contributed by atoms with van der Waals surface area (Å²) in [5, 5.41) is 3.80. The van der Waals surface area contributed by atoms with Crippen molar-refractivity contribution in [1.29, 1.82) is 0 Å². The van der Waals surface area contributed by atoms with Crippen molar-refractivity contribution in [2.75, 3.05) is 19.6 Å². The fourth-order valence-corrected chi connectivity index (χ4v) is 3.27. The van der Waals surface area contributed by atoms with Crippen LogP contribution in [0.25, 0.3) is 0 Å². The van der Waals surface area contributed by atoms with E-state index in [9.17, 15) is 0 Å². The van der Waals surface area contributed by atoms with Crippen LogP contribution in [0.5, 0.6) is 0 Å². The van der Waals surface area contributed by atoms with Gasteiger partial charge < -0.3 is 10.2 Å². The molecule has 0 bridgehead atoms. The smallest absolute Gasteiger partial charge is 0.0294 e. The topological polar surface area (TPSA) is 15.3 Å². The van der Waals surface area contributed by atoms with Crippen LogP contribution in [-0.2, 0) is 0 Å². The number of hydrogen-bond acceptors (Lipinski definition) is 2. The molecule has 3 unspecified atom stereocenters. The second kappa shape index (κ2) is 7.24. The molecule has 0 aliphatic carbocycles. The minimum atomic E-state index is 0.433. The Hall–Kier alpha value is -0.860. The Morgan fingerprint density at radius 1 is 1.25 bits per heavy atom. The molecule has 0 amide bonds. The van der Waals surface area contributed by atoms with E-state index in [1.54, 1.807) is 0 Å². The molecule has 3 atom stereocenters. The number of rotatable bonds is 5. The number of nitrogens with zero attached hydrogens (tertiary/aromatic N) is 1. The summed E-state index contributed by atoms with van der Waals surface area (Å²) < 4.78 is 0. The summed E-state index contributed by atoms with van der Waals surface area (Å²) in [7, 11) is 0. The van der Waals surface area contributed by atoms with Gasteiger partial charge in [-0.25, -0.2) is 0 Å². The standard InChI is InChI=1S/C18H30N2/c1-5-20-12-6-7-18(13-20)16(4)19-15(3)17-10-8-14(2)9-11-17/h8-11,15-16,18-19H,5-7,12-13H2,1-4H3. The highest BCUT2D eigenvalue weighted by atomic mass is 15.1. The van der Waals surface area contributed by atoms with Crippen LogP contribution in [0.4, 0.5) is 0 Å². The van der Waals surface area contributed by atoms with E-state index in [4.69, 9.17) is 0 Å². The minimum Gasteiger partial charge on any atom is -0.307 e. The van der Waals surface area contributed by atoms with Crippen molar-refractivity contribution in [2.45, 2.75) is 52.6 Å². The van der Waals surface area contributed by atoms with Gasteiger partial charge in [0, 0.05) is 18.6 Å². The summed E-state index contributed by atoms with van der Waals surface area (Å²) in [4.78, 5) is 2.59. The van der Waals surface area contributed by atoms with Crippen LogP contribution in [0.1, 0.15) is 50.8 Å². The zero-order valence-corrected chi connectivity index (χ0v) is 13.5. The van der Waals surface area contributed by atoms with Crippen molar-refractivity contribution in [3.05, 3.63) is 35.4 Å². The van der Waals surface area contributed by atoms with Gasteiger partial charge in [0.25, 0.3) is 0 Å². The summed E-state index contributed by atoms with van der Waals surface area (Å²) >= 11 is 0. The predicted molar refractivity (Wildman–Crippen MR) is 87.0 cm³/mol. The lowest BCUT2D eigenvalue weighted by atomic mass is 9.90. The first-order valence-electron chi connectivity index (χ1n) is 8.15. The van der Waals surface area contributed by atoms with Crippen LogP contribution >= 0.6 is 0 Å². The maximum absolute atomic E-state index is 3.80. The highest BCUT2D eigenvalue weighted by Gasteiger charge is 2.24. The van der Waals surface area contributed by atoms with E-state index in [-0.39, 0.29) is 0 Å². The number of aryl methyl sites for hydroxylation is 1. The summed E-state index contributed by atoms with van der Waals surface area (Å²) in [6, 6.07) is 9.93. The molecule has 1 fully saturated rings. The SMILES string of the molecule is CCN1CCCC(C(C)NC(C)c2ccc(C)cc2)C1. The van der Waals surface area contributed by atoms with E-state index >= 15 is 0 Å². The van der Waals surface area contributed by atoms with Gasteiger partial charge in [0.1, 0.15) is 0 Å². The molecule has 0 spiro atoms. The molecule has 1 aromatic carbocycles. The highest BCUT2D eigenvalue weighted by Crippen LogP contribution is 2.22. The van der Waals surface area contributed by atoms with Gasteiger partial charge in [0.15, 0.2) is 0 Å². The van der Waals surface area contributed by atoms with Crippen LogP contribution in [0.2, 0.25) is 0 Å². The Morgan fingerprint density at radius 2 is 1.95 bits per heavy atom. The van der Waals surface area contributed by atoms with E-state index in [2.05, 4.69) is 62.2 Å². The molecule has 1 saturated heterocycles. The minimum absolute atomic E-state index is 0.433. The summed E-state index contributed by atoms with van der Waals surface area (Å²) in [6.45, 7) is 12.8. The first kappa shape index (κ1) is 15.5. The third-order valence-electron chi connectivity index (χ3n) is 4.79. The molecule has 0 saturated carbocycles. The summed E-state index contributed by atoms with van der Waals surface area (Å²) in [5.41, 5.74) is 2.73. The summed E-state index contributed by atoms with van der Waals surface area (Å²) in [5.74, 6) is 0.789. The fourth-order valence-electron chi connectivity index (χ4n) is 3.27. The zero-order valence-electron chi connectivity index (χ0n) is 13.5. The predicted octanol–water partition coefficient (Wildman–Crippen LogP) is 3.77. The van der Waals surface area contributed by atoms with Crippen molar-refractivity contribution in [1.82, 2.24) is 10.2 Å². The Balaban J connectivity index is 1.89. The van der Waals surface area contributed by atoms with Crippen molar-refractivity contribution in [3.8, 4) is 0 Å². The molecule has 1 N–H and O–H groups in total. The average molecular weight is 274 g/mol. The van der Waals surface area contributed by atoms with E-state index in [1.165, 1.54) is 43.6 Å². The van der Waals surface area contributed by atoms with Crippen molar-refractivity contribution in [2.24, 2.45) is 5.92 Å². The van der Waals surface area contributed by atoms with Crippen LogP contribution in [0.15, 0.2) is 24.3 Å². The van der Waals surface area contributed by atoms with E-state index in [0.717, 1.165) is 5.92 Å². The summed E-state index contributed by atoms with van der Waals surface area (Å²) in [6.07, 6.45) is 2.72. The largest absolute Gasteiger partial charge is 0.307 e. The lowest BCUT2D eigenvalue weighted by molar-refractivity contribution is 0.153. The maximum Gasteiger partial charge on any atom is 0.0294 e. The maximum atomic E-state index is 3.80. The van der Waals surface area contributed by atoms with Gasteiger partial charge in [-0.1, -0.05) is 36.8 Å². The van der Waals surface area contributed by atoms with Gasteiger partial charge in [-0.2, -0.15) is 0 Å². The van der Waals surface area contributed by atoms with Crippen molar-refractivity contribution in [3.63, 3.8) is 0 Å². The Bertz CT molecular complexity index is 398. The molecule has 0 aromatic heterocycles. The first-order valence-corrected chi connectivity index (χ1v) is 8.15. The molecule has 2 rings (SSSR count). The lowest BCUT2D eigenvalue weighted by Crippen LogP contribution is -2.44. The number of piperidine rings is 1. The third-order valence-corrected chi connectivity index (χ3v) is 4.79. The fraction of sp³-hybridized carbons (Fsp3) is 0.667. The second-order valence-corrected chi connectivity index (χ2v) is 6.38.